The summed E-state index contributed by atoms with van der Waals surface area (Å²) >= 11 is 0. The molecule has 11 nitrogen and oxygen atoms in total. The first-order valence-corrected chi connectivity index (χ1v) is 16.9. The van der Waals surface area contributed by atoms with Gasteiger partial charge in [-0.1, -0.05) is 67.1 Å². The summed E-state index contributed by atoms with van der Waals surface area (Å²) in [6.45, 7) is 5.44. The van der Waals surface area contributed by atoms with Crippen LogP contribution in [0.4, 0.5) is 0 Å². The van der Waals surface area contributed by atoms with Crippen molar-refractivity contribution in [2.75, 3.05) is 26.7 Å². The number of fused-ring (bicyclic) bond motifs is 3. The molecule has 1 aromatic rings. The van der Waals surface area contributed by atoms with Crippen LogP contribution >= 0.6 is 0 Å². The summed E-state index contributed by atoms with van der Waals surface area (Å²) in [6.07, 6.45) is 15.9. The number of benzene rings is 1. The number of guanidine groups is 1. The van der Waals surface area contributed by atoms with Crippen LogP contribution in [0.15, 0.2) is 88.3 Å². The molecule has 0 saturated carbocycles. The number of esters is 1. The highest BCUT2D eigenvalue weighted by molar-refractivity contribution is 6.32. The van der Waals surface area contributed by atoms with Crippen LogP contribution in [0.2, 0.25) is 0 Å². The fourth-order valence-corrected chi connectivity index (χ4v) is 7.61. The Labute approximate surface area is 281 Å². The number of Topliss-reactive ketones (excluding diaryl/α,β-unsaturated/α-hetero) is 2. The largest absolute Gasteiger partial charge is 0.463 e. The van der Waals surface area contributed by atoms with E-state index in [0.29, 0.717) is 24.7 Å². The molecule has 1 saturated heterocycles. The summed E-state index contributed by atoms with van der Waals surface area (Å²) in [4.78, 5) is 46.3. The van der Waals surface area contributed by atoms with E-state index in [4.69, 9.17) is 20.9 Å². The third-order valence-electron chi connectivity index (χ3n) is 10.2. The number of likely N-dealkylation sites (N-methyl/N-ethyl adjacent to an activating group) is 1. The Kier molecular flexibility index (Phi) is 9.44. The lowest BCUT2D eigenvalue weighted by atomic mass is 9.72. The summed E-state index contributed by atoms with van der Waals surface area (Å²) in [5.41, 5.74) is 12.0. The molecule has 6 atom stereocenters. The lowest BCUT2D eigenvalue weighted by molar-refractivity contribution is -0.150. The van der Waals surface area contributed by atoms with Gasteiger partial charge < -0.3 is 36.9 Å². The summed E-state index contributed by atoms with van der Waals surface area (Å²) in [5.74, 6) is -0.477. The number of nitrogens with two attached hydrogens (primary N) is 2. The molecule has 7 N–H and O–H groups in total. The van der Waals surface area contributed by atoms with Gasteiger partial charge in [-0.05, 0) is 62.3 Å². The van der Waals surface area contributed by atoms with Gasteiger partial charge in [-0.15, -0.1) is 0 Å². The van der Waals surface area contributed by atoms with E-state index < -0.39 is 28.7 Å². The van der Waals surface area contributed by atoms with Gasteiger partial charge >= 0.3 is 5.97 Å². The normalized spacial score (nSPS) is 30.1. The quantitative estimate of drug-likeness (QED) is 0.0596. The van der Waals surface area contributed by atoms with Crippen molar-refractivity contribution in [3.63, 3.8) is 0 Å². The first-order valence-electron chi connectivity index (χ1n) is 16.9. The zero-order chi connectivity index (χ0) is 34.1. The number of ketones is 2. The van der Waals surface area contributed by atoms with Crippen molar-refractivity contribution >= 4 is 23.5 Å². The van der Waals surface area contributed by atoms with Crippen LogP contribution in [0.5, 0.6) is 0 Å². The van der Waals surface area contributed by atoms with Gasteiger partial charge in [0.1, 0.15) is 0 Å². The number of nitrogens with one attached hydrogen (secondary N) is 3. The third kappa shape index (κ3) is 6.01. The van der Waals surface area contributed by atoms with Crippen molar-refractivity contribution in [3.05, 3.63) is 94.4 Å². The minimum atomic E-state index is -2.03. The van der Waals surface area contributed by atoms with Gasteiger partial charge in [0.15, 0.2) is 17.3 Å². The highest BCUT2D eigenvalue weighted by Gasteiger charge is 2.85. The zero-order valence-corrected chi connectivity index (χ0v) is 27.9. The molecule has 0 unspecified atom stereocenters. The maximum atomic E-state index is 14.1. The molecule has 11 heteroatoms. The molecule has 48 heavy (non-hydrogen) atoms. The van der Waals surface area contributed by atoms with Crippen LogP contribution in [0.3, 0.4) is 0 Å². The zero-order valence-electron chi connectivity index (χ0n) is 27.9. The number of hydrogen-bond donors (Lipinski definition) is 5. The predicted molar refractivity (Wildman–Crippen MR) is 184 cm³/mol. The van der Waals surface area contributed by atoms with E-state index in [1.807, 2.05) is 25.2 Å². The van der Waals surface area contributed by atoms with Crippen LogP contribution < -0.4 is 27.4 Å². The molecule has 6 rings (SSSR count). The molecule has 254 valence electrons. The maximum Gasteiger partial charge on any atom is 0.350 e. The molecule has 1 fully saturated rings. The molecular weight excluding hydrogens is 608 g/mol. The van der Waals surface area contributed by atoms with Crippen molar-refractivity contribution in [1.82, 2.24) is 16.0 Å². The van der Waals surface area contributed by atoms with Gasteiger partial charge in [0.25, 0.3) is 5.60 Å². The molecule has 2 heterocycles. The molecular formula is C37H46N6O5. The second kappa shape index (κ2) is 13.6. The number of nitrogens with zero attached hydrogens (tertiary/aromatic N) is 1. The molecule has 0 spiro atoms. The standard InChI is InChI=1S/C37H46N6O5/c1-4-41-29-19-24-10-6-5-9-23(24)18-26(29)21-47-34(46)37-33(45)28-12-8-7-11-27(28)32(44)36(37,48-37)15-13-22(2)17-30(43-35(39)40-3)25-14-16-42-31(38)20-25/h6-8,10-14,19-20,23,26,29-30,41-42H,4-5,9,15-18,21,38H2,1-3H3,(H3,39,40,43)/b22-13+/t23-,26-,29+,30+,36-,37-/m0/s1. The monoisotopic (exact) mass is 654 g/mol. The second-order valence-electron chi connectivity index (χ2n) is 13.3. The summed E-state index contributed by atoms with van der Waals surface area (Å²) < 4.78 is 12.1. The van der Waals surface area contributed by atoms with E-state index in [2.05, 4.69) is 46.1 Å². The van der Waals surface area contributed by atoms with Gasteiger partial charge in [-0.2, -0.15) is 0 Å². The Morgan fingerprint density at radius 1 is 1.25 bits per heavy atom. The van der Waals surface area contributed by atoms with Crippen LogP contribution in [0, 0.1) is 11.8 Å². The summed E-state index contributed by atoms with van der Waals surface area (Å²) in [7, 11) is 1.60. The number of rotatable bonds is 11. The number of dihydropyridines is 1. The third-order valence-corrected chi connectivity index (χ3v) is 10.2. The SMILES string of the molecule is CCN[C@@H]1C=C2C=CCC[C@H]2C[C@H]1COC(=O)[C@]12O[C@@]1(C/C=C(\C)C[C@@H](NC(N)=NC)C1=CCNC(N)=C1)C(=O)c1ccccc1C2=O. The fraction of sp³-hybridized carbons (Fsp3) is 0.459. The first-order chi connectivity index (χ1) is 23.1. The minimum absolute atomic E-state index is 0.0263. The topological polar surface area (TPSA) is 173 Å². The molecule has 0 bridgehead atoms. The van der Waals surface area contributed by atoms with Gasteiger partial charge in [-0.25, -0.2) is 4.79 Å². The average Bonchev–Trinajstić information content (AvgIpc) is 3.80. The summed E-state index contributed by atoms with van der Waals surface area (Å²) in [5, 5.41) is 9.82. The summed E-state index contributed by atoms with van der Waals surface area (Å²) in [6, 6.07) is 6.36. The molecule has 1 aromatic carbocycles. The lowest BCUT2D eigenvalue weighted by Gasteiger charge is -2.36. The van der Waals surface area contributed by atoms with E-state index in [0.717, 1.165) is 37.0 Å². The van der Waals surface area contributed by atoms with Gasteiger partial charge in [0.2, 0.25) is 5.78 Å². The number of aliphatic imine (C=N–C) groups is 1. The number of ether oxygens (including phenoxy) is 2. The van der Waals surface area contributed by atoms with Crippen LogP contribution in [0.1, 0.15) is 66.7 Å². The molecule has 0 amide bonds. The van der Waals surface area contributed by atoms with Gasteiger partial charge in [0, 0.05) is 43.1 Å². The Bertz CT molecular complexity index is 1670. The smallest absolute Gasteiger partial charge is 0.350 e. The second-order valence-corrected chi connectivity index (χ2v) is 13.3. The van der Waals surface area contributed by atoms with Gasteiger partial charge in [0.05, 0.1) is 18.5 Å². The molecule has 2 aliphatic heterocycles. The van der Waals surface area contributed by atoms with Crippen LogP contribution in [0.25, 0.3) is 0 Å². The highest BCUT2D eigenvalue weighted by Crippen LogP contribution is 2.58. The molecule has 3 aliphatic carbocycles. The van der Waals surface area contributed by atoms with E-state index in [-0.39, 0.29) is 48.1 Å². The Morgan fingerprint density at radius 3 is 2.75 bits per heavy atom. The Morgan fingerprint density at radius 2 is 2.02 bits per heavy atom. The molecule has 0 radical (unpaired) electrons. The predicted octanol–water partition coefficient (Wildman–Crippen LogP) is 2.97. The molecule has 5 aliphatic rings. The fourth-order valence-electron chi connectivity index (χ4n) is 7.61. The van der Waals surface area contributed by atoms with Crippen molar-refractivity contribution < 1.29 is 23.9 Å². The number of carbonyl (C=O) groups is 3. The van der Waals surface area contributed by atoms with Crippen molar-refractivity contribution in [3.8, 4) is 0 Å². The number of allylic oxidation sites excluding steroid dienone is 3. The minimum Gasteiger partial charge on any atom is -0.463 e. The van der Waals surface area contributed by atoms with Crippen LogP contribution in [-0.4, -0.2) is 73.5 Å². The van der Waals surface area contributed by atoms with E-state index in [1.165, 1.54) is 5.57 Å². The Hall–Kier alpha value is -4.48. The number of hydrogen-bond acceptors (Lipinski definition) is 9. The van der Waals surface area contributed by atoms with Crippen molar-refractivity contribution in [1.29, 1.82) is 0 Å². The van der Waals surface area contributed by atoms with Crippen LogP contribution in [-0.2, 0) is 14.3 Å². The van der Waals surface area contributed by atoms with E-state index >= 15 is 0 Å². The number of epoxide rings is 1. The Balaban J connectivity index is 1.24. The molecule has 0 aromatic heterocycles. The lowest BCUT2D eigenvalue weighted by Crippen LogP contribution is -2.51. The van der Waals surface area contributed by atoms with Crippen molar-refractivity contribution in [2.45, 2.75) is 69.2 Å². The van der Waals surface area contributed by atoms with Gasteiger partial charge in [-0.3, -0.25) is 14.6 Å². The highest BCUT2D eigenvalue weighted by atomic mass is 16.7. The number of carbonyl (C=O) groups excluding carboxylic acids is 3. The van der Waals surface area contributed by atoms with E-state index in [1.54, 1.807) is 31.3 Å². The maximum absolute atomic E-state index is 14.1. The van der Waals surface area contributed by atoms with E-state index in [9.17, 15) is 14.4 Å². The first kappa shape index (κ1) is 33.4. The average molecular weight is 655 g/mol. The van der Waals surface area contributed by atoms with Crippen molar-refractivity contribution in [2.24, 2.45) is 28.3 Å².